The van der Waals surface area contributed by atoms with Gasteiger partial charge in [0.25, 0.3) is 5.78 Å². The van der Waals surface area contributed by atoms with E-state index in [-0.39, 0.29) is 29.9 Å². The van der Waals surface area contributed by atoms with E-state index in [4.69, 9.17) is 11.6 Å². The van der Waals surface area contributed by atoms with E-state index < -0.39 is 22.9 Å². The van der Waals surface area contributed by atoms with E-state index >= 15 is 0 Å². The van der Waals surface area contributed by atoms with Crippen LogP contribution in [0.3, 0.4) is 0 Å². The highest BCUT2D eigenvalue weighted by Crippen LogP contribution is 2.21. The van der Waals surface area contributed by atoms with Gasteiger partial charge in [0.05, 0.1) is 17.7 Å². The maximum Gasteiger partial charge on any atom is 0.379 e. The molecule has 0 amide bonds. The van der Waals surface area contributed by atoms with Gasteiger partial charge in [0.2, 0.25) is 0 Å². The Hall–Kier alpha value is -3.45. The van der Waals surface area contributed by atoms with Crippen molar-refractivity contribution >= 4 is 40.0 Å². The Balaban J connectivity index is 2.13. The van der Waals surface area contributed by atoms with Crippen molar-refractivity contribution in [2.75, 3.05) is 6.61 Å². The average molecular weight is 430 g/mol. The fourth-order valence-corrected chi connectivity index (χ4v) is 3.09. The van der Waals surface area contributed by atoms with Crippen molar-refractivity contribution in [3.8, 4) is 0 Å². The van der Waals surface area contributed by atoms with Crippen molar-refractivity contribution < 1.29 is 23.8 Å². The Morgan fingerprint density at radius 1 is 1.20 bits per heavy atom. The number of pyridine rings is 1. The lowest BCUT2D eigenvalue weighted by molar-refractivity contribution is -0.151. The molecule has 0 atom stereocenters. The SMILES string of the molecule is CCOC(=O)C(=O)C=C(O)c1cn(Cc2ccc(F)cc2)c2cc(Cl)ccc2c1=O. The summed E-state index contributed by atoms with van der Waals surface area (Å²) in [6, 6.07) is 10.4. The Labute approximate surface area is 175 Å². The summed E-state index contributed by atoms with van der Waals surface area (Å²) in [5, 5.41) is 11.0. The van der Waals surface area contributed by atoms with E-state index in [0.717, 1.165) is 5.56 Å². The summed E-state index contributed by atoms with van der Waals surface area (Å²) in [5.74, 6) is -3.27. The first-order valence-electron chi connectivity index (χ1n) is 8.99. The number of rotatable bonds is 6. The number of halogens is 2. The third-order valence-electron chi connectivity index (χ3n) is 4.33. The van der Waals surface area contributed by atoms with Gasteiger partial charge < -0.3 is 14.4 Å². The number of carbonyl (C=O) groups excluding carboxylic acids is 2. The van der Waals surface area contributed by atoms with Gasteiger partial charge in [-0.25, -0.2) is 9.18 Å². The summed E-state index contributed by atoms with van der Waals surface area (Å²) in [7, 11) is 0. The van der Waals surface area contributed by atoms with Crippen LogP contribution in [0.1, 0.15) is 18.1 Å². The number of ketones is 1. The van der Waals surface area contributed by atoms with Crippen molar-refractivity contribution in [2.45, 2.75) is 13.5 Å². The standard InChI is InChI=1S/C22H17ClFNO5/c1-2-30-22(29)20(27)10-19(26)17-12-25(11-13-3-6-15(24)7-4-13)18-9-14(23)5-8-16(18)21(17)28/h3-10,12,26H,2,11H2,1H3. The Morgan fingerprint density at radius 2 is 1.90 bits per heavy atom. The van der Waals surface area contributed by atoms with E-state index in [1.165, 1.54) is 37.4 Å². The smallest absolute Gasteiger partial charge is 0.379 e. The predicted octanol–water partition coefficient (Wildman–Crippen LogP) is 3.87. The van der Waals surface area contributed by atoms with Crippen LogP contribution in [0, 0.1) is 5.82 Å². The molecule has 0 bridgehead atoms. The summed E-state index contributed by atoms with van der Waals surface area (Å²) in [5.41, 5.74) is 0.510. The van der Waals surface area contributed by atoms with Gasteiger partial charge in [-0.3, -0.25) is 9.59 Å². The molecule has 1 heterocycles. The number of nitrogens with zero attached hydrogens (tertiary/aromatic N) is 1. The number of aliphatic hydroxyl groups is 1. The number of aromatic nitrogens is 1. The largest absolute Gasteiger partial charge is 0.507 e. The van der Waals surface area contributed by atoms with Crippen LogP contribution in [-0.4, -0.2) is 28.0 Å². The van der Waals surface area contributed by atoms with Gasteiger partial charge in [-0.2, -0.15) is 0 Å². The maximum atomic E-state index is 13.2. The minimum Gasteiger partial charge on any atom is -0.507 e. The fraction of sp³-hybridized carbons (Fsp3) is 0.136. The van der Waals surface area contributed by atoms with Gasteiger partial charge in [0.1, 0.15) is 11.6 Å². The number of esters is 1. The van der Waals surface area contributed by atoms with E-state index in [9.17, 15) is 23.9 Å². The van der Waals surface area contributed by atoms with Crippen LogP contribution in [0.15, 0.2) is 59.5 Å². The molecule has 0 fully saturated rings. The topological polar surface area (TPSA) is 85.6 Å². The second-order valence-corrected chi connectivity index (χ2v) is 6.84. The molecule has 6 nitrogen and oxygen atoms in total. The zero-order valence-corrected chi connectivity index (χ0v) is 16.6. The van der Waals surface area contributed by atoms with Crippen LogP contribution in [0.25, 0.3) is 16.7 Å². The van der Waals surface area contributed by atoms with Crippen LogP contribution in [-0.2, 0) is 20.9 Å². The molecule has 1 N–H and O–H groups in total. The average Bonchev–Trinajstić information content (AvgIpc) is 2.71. The lowest BCUT2D eigenvalue weighted by Gasteiger charge is -2.14. The van der Waals surface area contributed by atoms with Gasteiger partial charge in [-0.05, 0) is 42.8 Å². The summed E-state index contributed by atoms with van der Waals surface area (Å²) < 4.78 is 19.5. The predicted molar refractivity (Wildman–Crippen MR) is 111 cm³/mol. The molecule has 8 heteroatoms. The quantitative estimate of drug-likeness (QED) is 0.278. The molecule has 154 valence electrons. The molecule has 0 spiro atoms. The number of hydrogen-bond acceptors (Lipinski definition) is 5. The van der Waals surface area contributed by atoms with Crippen molar-refractivity contribution in [3.05, 3.63) is 86.9 Å². The minimum absolute atomic E-state index is 0.000382. The van der Waals surface area contributed by atoms with Gasteiger partial charge in [0.15, 0.2) is 5.43 Å². The molecule has 1 aromatic heterocycles. The molecule has 0 aliphatic rings. The van der Waals surface area contributed by atoms with Gasteiger partial charge in [-0.15, -0.1) is 0 Å². The first-order chi connectivity index (χ1) is 14.3. The second-order valence-electron chi connectivity index (χ2n) is 6.40. The van der Waals surface area contributed by atoms with Gasteiger partial charge in [-0.1, -0.05) is 23.7 Å². The molecular formula is C22H17ClFNO5. The van der Waals surface area contributed by atoms with Gasteiger partial charge in [0, 0.05) is 29.2 Å². The van der Waals surface area contributed by atoms with Crippen molar-refractivity contribution in [1.29, 1.82) is 0 Å². The molecule has 0 aliphatic heterocycles. The number of carbonyl (C=O) groups is 2. The number of fused-ring (bicyclic) bond motifs is 1. The third kappa shape index (κ3) is 4.58. The normalized spacial score (nSPS) is 11.5. The molecule has 2 aromatic carbocycles. The molecule has 3 rings (SSSR count). The number of benzene rings is 2. The molecule has 0 saturated carbocycles. The van der Waals surface area contributed by atoms with Crippen molar-refractivity contribution in [1.82, 2.24) is 4.57 Å². The highest BCUT2D eigenvalue weighted by molar-refractivity contribution is 6.39. The summed E-state index contributed by atoms with van der Waals surface area (Å²) in [4.78, 5) is 36.3. The van der Waals surface area contributed by atoms with E-state index in [0.29, 0.717) is 16.6 Å². The second kappa shape index (κ2) is 8.92. The maximum absolute atomic E-state index is 13.2. The van der Waals surface area contributed by atoms with Crippen molar-refractivity contribution in [2.24, 2.45) is 0 Å². The van der Waals surface area contributed by atoms with Crippen LogP contribution in [0.2, 0.25) is 5.02 Å². The molecule has 0 saturated heterocycles. The Kier molecular flexibility index (Phi) is 6.32. The monoisotopic (exact) mass is 429 g/mol. The first kappa shape index (κ1) is 21.3. The van der Waals surface area contributed by atoms with E-state index in [1.54, 1.807) is 22.8 Å². The number of hydrogen-bond donors (Lipinski definition) is 1. The van der Waals surface area contributed by atoms with Crippen LogP contribution >= 0.6 is 11.6 Å². The highest BCUT2D eigenvalue weighted by Gasteiger charge is 2.17. The van der Waals surface area contributed by atoms with Crippen molar-refractivity contribution in [3.63, 3.8) is 0 Å². The summed E-state index contributed by atoms with van der Waals surface area (Å²) in [6.45, 7) is 1.78. The van der Waals surface area contributed by atoms with E-state index in [2.05, 4.69) is 4.74 Å². The fourth-order valence-electron chi connectivity index (χ4n) is 2.93. The summed E-state index contributed by atoms with van der Waals surface area (Å²) in [6.07, 6.45) is 2.01. The van der Waals surface area contributed by atoms with E-state index in [1.807, 2.05) is 0 Å². The zero-order chi connectivity index (χ0) is 21.8. The summed E-state index contributed by atoms with van der Waals surface area (Å²) >= 11 is 6.08. The molecule has 0 unspecified atom stereocenters. The third-order valence-corrected chi connectivity index (χ3v) is 4.57. The zero-order valence-electron chi connectivity index (χ0n) is 15.9. The molecule has 0 aliphatic carbocycles. The molecule has 3 aromatic rings. The number of aliphatic hydroxyl groups excluding tert-OH is 1. The van der Waals surface area contributed by atoms with Gasteiger partial charge >= 0.3 is 5.97 Å². The van der Waals surface area contributed by atoms with Crippen LogP contribution in [0.4, 0.5) is 4.39 Å². The number of ether oxygens (including phenoxy) is 1. The molecule has 0 radical (unpaired) electrons. The van der Waals surface area contributed by atoms with Crippen LogP contribution < -0.4 is 5.43 Å². The first-order valence-corrected chi connectivity index (χ1v) is 9.37. The molecule has 30 heavy (non-hydrogen) atoms. The minimum atomic E-state index is -1.14. The van der Waals surface area contributed by atoms with Crippen LogP contribution in [0.5, 0.6) is 0 Å². The Bertz CT molecular complexity index is 1210. The highest BCUT2D eigenvalue weighted by atomic mass is 35.5. The molecular weight excluding hydrogens is 413 g/mol. The lowest BCUT2D eigenvalue weighted by atomic mass is 10.1. The Morgan fingerprint density at radius 3 is 2.57 bits per heavy atom. The lowest BCUT2D eigenvalue weighted by Crippen LogP contribution is -2.18.